The van der Waals surface area contributed by atoms with Gasteiger partial charge < -0.3 is 24.8 Å². The zero-order valence-corrected chi connectivity index (χ0v) is 19.4. The largest absolute Gasteiger partial charge is 0.454 e. The molecule has 2 saturated heterocycles. The second-order valence-corrected chi connectivity index (χ2v) is 8.93. The minimum atomic E-state index is 0.230. The number of nitrogens with two attached hydrogens (primary N) is 1. The zero-order chi connectivity index (χ0) is 23.1. The van der Waals surface area contributed by atoms with Crippen LogP contribution in [0.15, 0.2) is 18.2 Å². The summed E-state index contributed by atoms with van der Waals surface area (Å²) in [7, 11) is 1.83. The molecule has 34 heavy (non-hydrogen) atoms. The first-order valence-electron chi connectivity index (χ1n) is 11.8. The summed E-state index contributed by atoms with van der Waals surface area (Å²) >= 11 is 0. The molecule has 0 amide bonds. The van der Waals surface area contributed by atoms with Gasteiger partial charge in [-0.2, -0.15) is 10.1 Å². The van der Waals surface area contributed by atoms with Crippen molar-refractivity contribution in [1.82, 2.24) is 29.5 Å². The lowest BCUT2D eigenvalue weighted by molar-refractivity contribution is 0.0331. The van der Waals surface area contributed by atoms with Gasteiger partial charge in [0.2, 0.25) is 12.7 Å². The van der Waals surface area contributed by atoms with Crippen LogP contribution in [0, 0.1) is 0 Å². The van der Waals surface area contributed by atoms with Crippen LogP contribution in [0.4, 0.5) is 11.8 Å². The third-order valence-electron chi connectivity index (χ3n) is 6.86. The summed E-state index contributed by atoms with van der Waals surface area (Å²) in [6, 6.07) is 5.84. The average Bonchev–Trinajstić information content (AvgIpc) is 3.46. The fourth-order valence-electron chi connectivity index (χ4n) is 4.78. The van der Waals surface area contributed by atoms with Gasteiger partial charge in [-0.1, -0.05) is 0 Å². The average molecular weight is 467 g/mol. The van der Waals surface area contributed by atoms with Crippen LogP contribution in [0.5, 0.6) is 11.5 Å². The Balaban J connectivity index is 1.23. The van der Waals surface area contributed by atoms with E-state index in [2.05, 4.69) is 19.8 Å². The molecule has 0 spiro atoms. The summed E-state index contributed by atoms with van der Waals surface area (Å²) in [5.41, 5.74) is 8.63. The van der Waals surface area contributed by atoms with E-state index < -0.39 is 0 Å². The van der Waals surface area contributed by atoms with E-state index in [4.69, 9.17) is 29.9 Å². The van der Waals surface area contributed by atoms with Crippen molar-refractivity contribution < 1.29 is 14.2 Å². The third-order valence-corrected chi connectivity index (χ3v) is 6.86. The van der Waals surface area contributed by atoms with Crippen LogP contribution in [-0.4, -0.2) is 102 Å². The molecule has 180 valence electrons. The van der Waals surface area contributed by atoms with Crippen LogP contribution >= 0.6 is 0 Å². The molecule has 11 heteroatoms. The maximum absolute atomic E-state index is 6.36. The Hall–Kier alpha value is -3.15. The highest BCUT2D eigenvalue weighted by Crippen LogP contribution is 2.38. The van der Waals surface area contributed by atoms with Crippen molar-refractivity contribution in [2.45, 2.75) is 0 Å². The van der Waals surface area contributed by atoms with E-state index in [-0.39, 0.29) is 6.79 Å². The Morgan fingerprint density at radius 1 is 0.912 bits per heavy atom. The van der Waals surface area contributed by atoms with E-state index in [0.29, 0.717) is 23.2 Å². The van der Waals surface area contributed by atoms with Gasteiger partial charge >= 0.3 is 0 Å². The maximum Gasteiger partial charge on any atom is 0.231 e. The number of rotatable bonds is 5. The summed E-state index contributed by atoms with van der Waals surface area (Å²) in [6.07, 6.45) is 0. The fraction of sp³-hybridized carbons (Fsp3) is 0.522. The minimum Gasteiger partial charge on any atom is -0.454 e. The number of nitrogens with zero attached hydrogens (tertiary/aromatic N) is 7. The lowest BCUT2D eigenvalue weighted by Crippen LogP contribution is -2.49. The molecule has 3 aliphatic heterocycles. The molecular weight excluding hydrogens is 436 g/mol. The molecule has 2 N–H and O–H groups in total. The molecule has 0 bridgehead atoms. The Morgan fingerprint density at radius 3 is 2.44 bits per heavy atom. The number of nitrogen functional groups attached to an aromatic ring is 1. The predicted molar refractivity (Wildman–Crippen MR) is 128 cm³/mol. The molecule has 0 unspecified atom stereocenters. The van der Waals surface area contributed by atoms with Gasteiger partial charge in [-0.3, -0.25) is 14.5 Å². The summed E-state index contributed by atoms with van der Waals surface area (Å²) in [5.74, 6) is 2.68. The number of benzene rings is 1. The monoisotopic (exact) mass is 466 g/mol. The molecule has 5 heterocycles. The van der Waals surface area contributed by atoms with Gasteiger partial charge in [0.05, 0.1) is 24.3 Å². The van der Waals surface area contributed by atoms with Gasteiger partial charge in [0, 0.05) is 65.0 Å². The number of morpholine rings is 1. The quantitative estimate of drug-likeness (QED) is 0.580. The summed E-state index contributed by atoms with van der Waals surface area (Å²) in [6.45, 7) is 9.86. The van der Waals surface area contributed by atoms with Gasteiger partial charge in [0.15, 0.2) is 17.1 Å². The van der Waals surface area contributed by atoms with Crippen LogP contribution in [0.1, 0.15) is 0 Å². The first kappa shape index (κ1) is 21.4. The fourth-order valence-corrected chi connectivity index (χ4v) is 4.78. The number of anilines is 2. The number of aryl methyl sites for hydroxylation is 1. The number of hydrogen-bond acceptors (Lipinski definition) is 10. The molecule has 3 aliphatic rings. The number of piperazine rings is 1. The van der Waals surface area contributed by atoms with Crippen LogP contribution < -0.4 is 20.1 Å². The summed E-state index contributed by atoms with van der Waals surface area (Å²) < 4.78 is 18.2. The second-order valence-electron chi connectivity index (χ2n) is 8.93. The Bertz CT molecular complexity index is 1180. The molecule has 2 fully saturated rings. The highest BCUT2D eigenvalue weighted by molar-refractivity contribution is 5.99. The Morgan fingerprint density at radius 2 is 1.65 bits per heavy atom. The molecule has 0 radical (unpaired) electrons. The molecule has 6 rings (SSSR count). The van der Waals surface area contributed by atoms with E-state index in [0.717, 1.165) is 88.0 Å². The van der Waals surface area contributed by atoms with Crippen molar-refractivity contribution >= 4 is 22.8 Å². The smallest absolute Gasteiger partial charge is 0.231 e. The van der Waals surface area contributed by atoms with Crippen LogP contribution in [0.25, 0.3) is 22.3 Å². The first-order chi connectivity index (χ1) is 16.7. The standard InChI is InChI=1S/C23H30N8O3/c1-28-21(24)19-20(16-2-3-17-18(14-16)34-15-33-17)25-23(26-22(19)27-28)31-8-6-29(7-9-31)4-5-30-10-12-32-13-11-30/h2-3,14H,4-13,15,24H2,1H3. The maximum atomic E-state index is 6.36. The van der Waals surface area contributed by atoms with Crippen LogP contribution in [0.3, 0.4) is 0 Å². The lowest BCUT2D eigenvalue weighted by Gasteiger charge is -2.36. The van der Waals surface area contributed by atoms with Crippen molar-refractivity contribution in [3.63, 3.8) is 0 Å². The van der Waals surface area contributed by atoms with E-state index >= 15 is 0 Å². The predicted octanol–water partition coefficient (Wildman–Crippen LogP) is 0.795. The zero-order valence-electron chi connectivity index (χ0n) is 19.4. The summed E-state index contributed by atoms with van der Waals surface area (Å²) in [5, 5.41) is 5.31. The third kappa shape index (κ3) is 3.99. The van der Waals surface area contributed by atoms with Crippen molar-refractivity contribution in [2.75, 3.05) is 83.0 Å². The molecule has 11 nitrogen and oxygen atoms in total. The van der Waals surface area contributed by atoms with Crippen molar-refractivity contribution in [2.24, 2.45) is 7.05 Å². The molecule has 3 aromatic rings. The Kier molecular flexibility index (Phi) is 5.60. The van der Waals surface area contributed by atoms with Gasteiger partial charge in [-0.05, 0) is 18.2 Å². The van der Waals surface area contributed by atoms with Crippen molar-refractivity contribution in [3.05, 3.63) is 18.2 Å². The van der Waals surface area contributed by atoms with E-state index in [1.54, 1.807) is 4.68 Å². The van der Waals surface area contributed by atoms with Crippen molar-refractivity contribution in [3.8, 4) is 22.8 Å². The van der Waals surface area contributed by atoms with Crippen LogP contribution in [-0.2, 0) is 11.8 Å². The number of fused-ring (bicyclic) bond motifs is 2. The highest BCUT2D eigenvalue weighted by atomic mass is 16.7. The topological polar surface area (TPSA) is 107 Å². The number of hydrogen-bond donors (Lipinski definition) is 1. The van der Waals surface area contributed by atoms with Gasteiger partial charge in [-0.25, -0.2) is 4.98 Å². The number of aromatic nitrogens is 4. The second kappa shape index (κ2) is 8.90. The number of ether oxygens (including phenoxy) is 3. The van der Waals surface area contributed by atoms with E-state index in [1.165, 1.54) is 0 Å². The Labute approximate surface area is 198 Å². The normalized spacial score (nSPS) is 19.3. The van der Waals surface area contributed by atoms with E-state index in [1.807, 2.05) is 25.2 Å². The molecule has 1 aromatic carbocycles. The van der Waals surface area contributed by atoms with Gasteiger partial charge in [0.1, 0.15) is 5.82 Å². The lowest BCUT2D eigenvalue weighted by atomic mass is 10.1. The van der Waals surface area contributed by atoms with Crippen LogP contribution in [0.2, 0.25) is 0 Å². The van der Waals surface area contributed by atoms with Gasteiger partial charge in [-0.15, -0.1) is 0 Å². The highest BCUT2D eigenvalue weighted by Gasteiger charge is 2.24. The molecular formula is C23H30N8O3. The molecule has 0 atom stereocenters. The first-order valence-corrected chi connectivity index (χ1v) is 11.8. The molecule has 0 aliphatic carbocycles. The molecule has 2 aromatic heterocycles. The van der Waals surface area contributed by atoms with E-state index in [9.17, 15) is 0 Å². The SMILES string of the molecule is Cn1nc2nc(N3CCN(CCN4CCOCC4)CC3)nc(-c3ccc4c(c3)OCO4)c2c1N. The van der Waals surface area contributed by atoms with Crippen molar-refractivity contribution in [1.29, 1.82) is 0 Å². The summed E-state index contributed by atoms with van der Waals surface area (Å²) in [4.78, 5) is 17.0. The molecule has 0 saturated carbocycles. The van der Waals surface area contributed by atoms with Gasteiger partial charge in [0.25, 0.3) is 0 Å². The minimum absolute atomic E-state index is 0.230.